The fourth-order valence-corrected chi connectivity index (χ4v) is 2.54. The van der Waals surface area contributed by atoms with Gasteiger partial charge in [0, 0.05) is 6.10 Å². The first-order valence-electron chi connectivity index (χ1n) is 6.07. The summed E-state index contributed by atoms with van der Waals surface area (Å²) in [6, 6.07) is 1.12. The summed E-state index contributed by atoms with van der Waals surface area (Å²) in [6.45, 7) is 8.23. The normalized spacial score (nSPS) is 13.6. The molecule has 0 bridgehead atoms. The van der Waals surface area contributed by atoms with Crippen LogP contribution in [0.1, 0.15) is 52.4 Å². The molecule has 0 saturated heterocycles. The molecule has 0 aliphatic rings. The SMILES string of the molecule is C=CC[SiH2]OC(CCC)CCCCC. The molecule has 0 N–H and O–H groups in total. The van der Waals surface area contributed by atoms with Gasteiger partial charge in [0.25, 0.3) is 0 Å². The maximum atomic E-state index is 5.94. The minimum atomic E-state index is -0.309. The molecule has 0 aromatic rings. The minimum Gasteiger partial charge on any atom is -0.421 e. The van der Waals surface area contributed by atoms with Crippen LogP contribution in [0, 0.1) is 0 Å². The highest BCUT2D eigenvalue weighted by atomic mass is 28.2. The predicted molar refractivity (Wildman–Crippen MR) is 67.5 cm³/mol. The van der Waals surface area contributed by atoms with Gasteiger partial charge in [-0.2, -0.15) is 0 Å². The van der Waals surface area contributed by atoms with Crippen molar-refractivity contribution in [2.75, 3.05) is 0 Å². The highest BCUT2D eigenvalue weighted by Crippen LogP contribution is 2.11. The third-order valence-corrected chi connectivity index (χ3v) is 3.77. The molecule has 0 fully saturated rings. The Morgan fingerprint density at radius 2 is 2.00 bits per heavy atom. The van der Waals surface area contributed by atoms with Crippen LogP contribution in [0.5, 0.6) is 0 Å². The van der Waals surface area contributed by atoms with Crippen molar-refractivity contribution >= 4 is 9.76 Å². The fraction of sp³-hybridized carbons (Fsp3) is 0.833. The molecular formula is C12H26OSi. The van der Waals surface area contributed by atoms with Gasteiger partial charge in [-0.05, 0) is 18.9 Å². The monoisotopic (exact) mass is 214 g/mol. The van der Waals surface area contributed by atoms with E-state index in [1.165, 1.54) is 38.5 Å². The van der Waals surface area contributed by atoms with E-state index < -0.39 is 0 Å². The van der Waals surface area contributed by atoms with E-state index in [0.29, 0.717) is 6.10 Å². The van der Waals surface area contributed by atoms with E-state index in [1.807, 2.05) is 6.08 Å². The zero-order valence-electron chi connectivity index (χ0n) is 9.93. The second-order valence-electron chi connectivity index (χ2n) is 3.85. The second kappa shape index (κ2) is 11.0. The van der Waals surface area contributed by atoms with E-state index in [2.05, 4.69) is 20.4 Å². The number of unbranched alkanes of at least 4 members (excludes halogenated alkanes) is 2. The Labute approximate surface area is 91.9 Å². The van der Waals surface area contributed by atoms with Gasteiger partial charge in [-0.15, -0.1) is 6.58 Å². The first kappa shape index (κ1) is 13.9. The zero-order chi connectivity index (χ0) is 10.6. The lowest BCUT2D eigenvalue weighted by Gasteiger charge is -2.16. The van der Waals surface area contributed by atoms with Crippen LogP contribution >= 0.6 is 0 Å². The van der Waals surface area contributed by atoms with E-state index in [1.54, 1.807) is 0 Å². The summed E-state index contributed by atoms with van der Waals surface area (Å²) in [6.07, 6.45) is 10.3. The van der Waals surface area contributed by atoms with Crippen LogP contribution in [0.2, 0.25) is 6.04 Å². The Morgan fingerprint density at radius 1 is 1.21 bits per heavy atom. The van der Waals surface area contributed by atoms with Crippen molar-refractivity contribution in [1.29, 1.82) is 0 Å². The van der Waals surface area contributed by atoms with Crippen molar-refractivity contribution in [2.24, 2.45) is 0 Å². The molecule has 0 heterocycles. The Balaban J connectivity index is 3.48. The average Bonchev–Trinajstić information content (AvgIpc) is 2.18. The summed E-state index contributed by atoms with van der Waals surface area (Å²) in [5.41, 5.74) is 0. The molecule has 1 atom stereocenters. The van der Waals surface area contributed by atoms with Crippen LogP contribution < -0.4 is 0 Å². The predicted octanol–water partition coefficient (Wildman–Crippen LogP) is 3.44. The molecule has 0 amide bonds. The van der Waals surface area contributed by atoms with Crippen molar-refractivity contribution in [2.45, 2.75) is 64.5 Å². The first-order valence-corrected chi connectivity index (χ1v) is 7.65. The Kier molecular flexibility index (Phi) is 10.9. The molecule has 0 radical (unpaired) electrons. The number of hydrogen-bond donors (Lipinski definition) is 0. The average molecular weight is 214 g/mol. The lowest BCUT2D eigenvalue weighted by Crippen LogP contribution is -2.15. The third-order valence-electron chi connectivity index (χ3n) is 2.42. The molecule has 0 aromatic carbocycles. The Morgan fingerprint density at radius 3 is 2.57 bits per heavy atom. The van der Waals surface area contributed by atoms with E-state index in [9.17, 15) is 0 Å². The summed E-state index contributed by atoms with van der Waals surface area (Å²) in [4.78, 5) is 0. The number of hydrogen-bond acceptors (Lipinski definition) is 1. The molecule has 2 heteroatoms. The molecule has 0 aromatic heterocycles. The quantitative estimate of drug-likeness (QED) is 0.307. The summed E-state index contributed by atoms with van der Waals surface area (Å²) in [5, 5.41) is 0. The topological polar surface area (TPSA) is 9.23 Å². The van der Waals surface area contributed by atoms with Crippen LogP contribution in [0.25, 0.3) is 0 Å². The van der Waals surface area contributed by atoms with Gasteiger partial charge in [-0.3, -0.25) is 0 Å². The molecule has 0 rings (SSSR count). The van der Waals surface area contributed by atoms with Crippen LogP contribution in [0.15, 0.2) is 12.7 Å². The Bertz CT molecular complexity index is 125. The zero-order valence-corrected chi connectivity index (χ0v) is 11.3. The summed E-state index contributed by atoms with van der Waals surface area (Å²) in [5.74, 6) is 0. The van der Waals surface area contributed by atoms with E-state index >= 15 is 0 Å². The highest BCUT2D eigenvalue weighted by molar-refractivity contribution is 6.27. The summed E-state index contributed by atoms with van der Waals surface area (Å²) < 4.78 is 5.94. The molecule has 14 heavy (non-hydrogen) atoms. The van der Waals surface area contributed by atoms with Crippen LogP contribution in [0.3, 0.4) is 0 Å². The van der Waals surface area contributed by atoms with Gasteiger partial charge < -0.3 is 4.43 Å². The van der Waals surface area contributed by atoms with Gasteiger partial charge in [0.05, 0.1) is 0 Å². The number of allylic oxidation sites excluding steroid dienone is 1. The molecule has 0 aliphatic carbocycles. The standard InChI is InChI=1S/C12H26OSi/c1-4-7-8-10-12(9-5-2)13-14-11-6-3/h6,12H,3-5,7-11,14H2,1-2H3. The molecule has 1 unspecified atom stereocenters. The van der Waals surface area contributed by atoms with E-state index in [4.69, 9.17) is 4.43 Å². The van der Waals surface area contributed by atoms with Crippen molar-refractivity contribution in [3.05, 3.63) is 12.7 Å². The first-order chi connectivity index (χ1) is 6.85. The van der Waals surface area contributed by atoms with E-state index in [-0.39, 0.29) is 9.76 Å². The summed E-state index contributed by atoms with van der Waals surface area (Å²) >= 11 is 0. The van der Waals surface area contributed by atoms with Crippen molar-refractivity contribution < 1.29 is 4.43 Å². The van der Waals surface area contributed by atoms with Crippen molar-refractivity contribution in [3.63, 3.8) is 0 Å². The van der Waals surface area contributed by atoms with Crippen LogP contribution in [-0.2, 0) is 4.43 Å². The fourth-order valence-electron chi connectivity index (χ4n) is 1.57. The molecule has 0 saturated carbocycles. The van der Waals surface area contributed by atoms with Gasteiger partial charge in [0.2, 0.25) is 0 Å². The van der Waals surface area contributed by atoms with Crippen LogP contribution in [0.4, 0.5) is 0 Å². The largest absolute Gasteiger partial charge is 0.421 e. The van der Waals surface area contributed by atoms with E-state index in [0.717, 1.165) is 6.04 Å². The molecule has 1 nitrogen and oxygen atoms in total. The van der Waals surface area contributed by atoms with Gasteiger partial charge >= 0.3 is 0 Å². The maximum Gasteiger partial charge on any atom is 0.165 e. The second-order valence-corrected chi connectivity index (χ2v) is 5.17. The smallest absolute Gasteiger partial charge is 0.165 e. The lowest BCUT2D eigenvalue weighted by atomic mass is 10.1. The number of rotatable bonds is 10. The highest BCUT2D eigenvalue weighted by Gasteiger charge is 2.06. The van der Waals surface area contributed by atoms with Crippen molar-refractivity contribution in [1.82, 2.24) is 0 Å². The lowest BCUT2D eigenvalue weighted by molar-refractivity contribution is 0.185. The molecule has 84 valence electrons. The van der Waals surface area contributed by atoms with Gasteiger partial charge in [-0.1, -0.05) is 45.6 Å². The maximum absolute atomic E-state index is 5.94. The molecule has 0 aliphatic heterocycles. The van der Waals surface area contributed by atoms with Gasteiger partial charge in [0.15, 0.2) is 9.76 Å². The Hall–Kier alpha value is -0.0831. The van der Waals surface area contributed by atoms with Gasteiger partial charge in [0.1, 0.15) is 0 Å². The van der Waals surface area contributed by atoms with Crippen LogP contribution in [-0.4, -0.2) is 15.9 Å². The third kappa shape index (κ3) is 8.51. The molecular weight excluding hydrogens is 188 g/mol. The van der Waals surface area contributed by atoms with Crippen molar-refractivity contribution in [3.8, 4) is 0 Å². The minimum absolute atomic E-state index is 0.309. The summed E-state index contributed by atoms with van der Waals surface area (Å²) in [7, 11) is -0.309. The van der Waals surface area contributed by atoms with Gasteiger partial charge in [-0.25, -0.2) is 0 Å². The molecule has 0 spiro atoms.